The summed E-state index contributed by atoms with van der Waals surface area (Å²) in [6, 6.07) is 8.56. The maximum atomic E-state index is 5.54. The maximum Gasteiger partial charge on any atom is 0.191 e. The fourth-order valence-corrected chi connectivity index (χ4v) is 4.30. The molecule has 0 spiro atoms. The Bertz CT molecular complexity index is 677. The summed E-state index contributed by atoms with van der Waals surface area (Å²) in [6.45, 7) is 5.93. The molecule has 162 valence electrons. The van der Waals surface area contributed by atoms with E-state index in [0.29, 0.717) is 6.04 Å². The number of guanidine groups is 1. The molecule has 2 aromatic rings. The average molecular weight is 551 g/mol. The van der Waals surface area contributed by atoms with Crippen LogP contribution in [-0.4, -0.2) is 68.8 Å². The summed E-state index contributed by atoms with van der Waals surface area (Å²) in [4.78, 5) is 8.78. The van der Waals surface area contributed by atoms with Crippen LogP contribution in [0.4, 0.5) is 0 Å². The van der Waals surface area contributed by atoms with Crippen molar-refractivity contribution in [3.8, 4) is 0 Å². The van der Waals surface area contributed by atoms with Crippen LogP contribution < -0.4 is 10.6 Å². The maximum absolute atomic E-state index is 5.54. The Morgan fingerprint density at radius 2 is 2.07 bits per heavy atom. The summed E-state index contributed by atoms with van der Waals surface area (Å²) in [6.07, 6.45) is 4.68. The van der Waals surface area contributed by atoms with Gasteiger partial charge in [0.2, 0.25) is 0 Å². The molecule has 0 radical (unpaired) electrons. The molecule has 0 amide bonds. The lowest BCUT2D eigenvalue weighted by molar-refractivity contribution is 0.0186. The van der Waals surface area contributed by atoms with Gasteiger partial charge in [-0.2, -0.15) is 11.8 Å². The molecule has 1 unspecified atom stereocenters. The summed E-state index contributed by atoms with van der Waals surface area (Å²) < 4.78 is 11.0. The second-order valence-electron chi connectivity index (χ2n) is 6.54. The Hall–Kier alpha value is -0.750. The number of halogens is 1. The first-order valence-electron chi connectivity index (χ1n) is 9.75. The van der Waals surface area contributed by atoms with E-state index in [0.717, 1.165) is 69.8 Å². The molecule has 1 aliphatic rings. The van der Waals surface area contributed by atoms with Crippen LogP contribution in [0.15, 0.2) is 45.3 Å². The van der Waals surface area contributed by atoms with Gasteiger partial charge in [0, 0.05) is 43.2 Å². The Balaban J connectivity index is 0.00000300. The third kappa shape index (κ3) is 8.49. The standard InChI is InChI=1S/C20H30N4O2S2.HI/c1-27-15-8-22-20(21-7-6-17-4-2-11-26-17)23-16-18(19-5-3-14-28-19)24-9-12-25-13-10-24;/h2-5,11,14,18H,6-10,12-13,15-16H2,1H3,(H2,21,22,23);1H. The van der Waals surface area contributed by atoms with Crippen molar-refractivity contribution in [2.45, 2.75) is 12.5 Å². The van der Waals surface area contributed by atoms with Crippen LogP contribution in [0.2, 0.25) is 0 Å². The molecular formula is C20H31IN4O2S2. The zero-order chi connectivity index (χ0) is 19.4. The van der Waals surface area contributed by atoms with Crippen LogP contribution in [0.1, 0.15) is 16.7 Å². The van der Waals surface area contributed by atoms with E-state index in [2.05, 4.69) is 39.3 Å². The number of nitrogens with zero attached hydrogens (tertiary/aromatic N) is 2. The SMILES string of the molecule is CSCCNC(=NCC(c1cccs1)N1CCOCC1)NCCc1ccco1.I. The molecule has 29 heavy (non-hydrogen) atoms. The minimum atomic E-state index is 0. The van der Waals surface area contributed by atoms with Crippen molar-refractivity contribution < 1.29 is 9.15 Å². The average Bonchev–Trinajstić information content (AvgIpc) is 3.43. The van der Waals surface area contributed by atoms with E-state index in [-0.39, 0.29) is 24.0 Å². The van der Waals surface area contributed by atoms with Gasteiger partial charge in [0.15, 0.2) is 5.96 Å². The highest BCUT2D eigenvalue weighted by Gasteiger charge is 2.23. The Morgan fingerprint density at radius 1 is 1.24 bits per heavy atom. The third-order valence-corrected chi connectivity index (χ3v) is 6.21. The first kappa shape index (κ1) is 24.5. The topological polar surface area (TPSA) is 62.0 Å². The zero-order valence-corrected chi connectivity index (χ0v) is 20.8. The van der Waals surface area contributed by atoms with Crippen molar-refractivity contribution in [3.05, 3.63) is 46.5 Å². The van der Waals surface area contributed by atoms with Crippen molar-refractivity contribution in [3.63, 3.8) is 0 Å². The normalized spacial score (nSPS) is 16.2. The second kappa shape index (κ2) is 14.3. The van der Waals surface area contributed by atoms with Gasteiger partial charge in [0.1, 0.15) is 5.76 Å². The third-order valence-electron chi connectivity index (χ3n) is 4.62. The lowest BCUT2D eigenvalue weighted by Gasteiger charge is -2.33. The van der Waals surface area contributed by atoms with Crippen LogP contribution in [0.3, 0.4) is 0 Å². The van der Waals surface area contributed by atoms with Crippen molar-refractivity contribution in [1.29, 1.82) is 0 Å². The fourth-order valence-electron chi connectivity index (χ4n) is 3.14. The fraction of sp³-hybridized carbons (Fsp3) is 0.550. The zero-order valence-electron chi connectivity index (χ0n) is 16.8. The highest BCUT2D eigenvalue weighted by molar-refractivity contribution is 14.0. The monoisotopic (exact) mass is 550 g/mol. The van der Waals surface area contributed by atoms with E-state index >= 15 is 0 Å². The van der Waals surface area contributed by atoms with Crippen molar-refractivity contribution in [1.82, 2.24) is 15.5 Å². The molecule has 3 rings (SSSR count). The highest BCUT2D eigenvalue weighted by Crippen LogP contribution is 2.26. The molecule has 0 bridgehead atoms. The van der Waals surface area contributed by atoms with Crippen LogP contribution in [-0.2, 0) is 11.2 Å². The molecule has 9 heteroatoms. The predicted molar refractivity (Wildman–Crippen MR) is 134 cm³/mol. The minimum absolute atomic E-state index is 0. The molecule has 2 aromatic heterocycles. The molecule has 6 nitrogen and oxygen atoms in total. The van der Waals surface area contributed by atoms with Gasteiger partial charge in [-0.05, 0) is 29.8 Å². The van der Waals surface area contributed by atoms with Gasteiger partial charge in [-0.3, -0.25) is 9.89 Å². The number of aliphatic imine (C=N–C) groups is 1. The van der Waals surface area contributed by atoms with Gasteiger partial charge < -0.3 is 19.8 Å². The van der Waals surface area contributed by atoms with Crippen LogP contribution >= 0.6 is 47.1 Å². The van der Waals surface area contributed by atoms with E-state index in [1.807, 2.05) is 23.9 Å². The summed E-state index contributed by atoms with van der Waals surface area (Å²) in [5.41, 5.74) is 0. The highest BCUT2D eigenvalue weighted by atomic mass is 127. The Labute approximate surface area is 198 Å². The van der Waals surface area contributed by atoms with Crippen molar-refractivity contribution in [2.75, 3.05) is 57.9 Å². The molecule has 1 saturated heterocycles. The van der Waals surface area contributed by atoms with E-state index in [9.17, 15) is 0 Å². The van der Waals surface area contributed by atoms with Gasteiger partial charge >= 0.3 is 0 Å². The van der Waals surface area contributed by atoms with E-state index in [1.165, 1.54) is 4.88 Å². The van der Waals surface area contributed by atoms with Crippen LogP contribution in [0.25, 0.3) is 0 Å². The number of furan rings is 1. The summed E-state index contributed by atoms with van der Waals surface area (Å²) in [5, 5.41) is 9.05. The number of ether oxygens (including phenoxy) is 1. The number of thiophene rings is 1. The number of thioether (sulfide) groups is 1. The summed E-state index contributed by atoms with van der Waals surface area (Å²) >= 11 is 3.64. The lowest BCUT2D eigenvalue weighted by Crippen LogP contribution is -2.42. The molecule has 0 aromatic carbocycles. The molecule has 1 atom stereocenters. The number of morpholine rings is 1. The lowest BCUT2D eigenvalue weighted by atomic mass is 10.2. The van der Waals surface area contributed by atoms with Gasteiger partial charge in [0.25, 0.3) is 0 Å². The predicted octanol–water partition coefficient (Wildman–Crippen LogP) is 3.47. The summed E-state index contributed by atoms with van der Waals surface area (Å²) in [7, 11) is 0. The number of hydrogen-bond donors (Lipinski definition) is 2. The number of nitrogens with one attached hydrogen (secondary N) is 2. The quantitative estimate of drug-likeness (QED) is 0.205. The van der Waals surface area contributed by atoms with E-state index in [4.69, 9.17) is 14.1 Å². The van der Waals surface area contributed by atoms with E-state index < -0.39 is 0 Å². The van der Waals surface area contributed by atoms with Gasteiger partial charge in [0.05, 0.1) is 32.1 Å². The molecular weight excluding hydrogens is 519 g/mol. The molecule has 2 N–H and O–H groups in total. The van der Waals surface area contributed by atoms with Crippen LogP contribution in [0.5, 0.6) is 0 Å². The summed E-state index contributed by atoms with van der Waals surface area (Å²) in [5.74, 6) is 2.91. The minimum Gasteiger partial charge on any atom is -0.469 e. The largest absolute Gasteiger partial charge is 0.469 e. The number of hydrogen-bond acceptors (Lipinski definition) is 6. The number of rotatable bonds is 10. The van der Waals surface area contributed by atoms with Crippen molar-refractivity contribution in [2.24, 2.45) is 4.99 Å². The molecule has 0 aliphatic carbocycles. The van der Waals surface area contributed by atoms with Gasteiger partial charge in [-0.15, -0.1) is 35.3 Å². The van der Waals surface area contributed by atoms with E-state index in [1.54, 1.807) is 17.6 Å². The Kier molecular flexibility index (Phi) is 12.1. The molecule has 3 heterocycles. The second-order valence-corrected chi connectivity index (χ2v) is 8.51. The molecule has 0 saturated carbocycles. The Morgan fingerprint density at radius 3 is 2.76 bits per heavy atom. The smallest absolute Gasteiger partial charge is 0.191 e. The first-order chi connectivity index (χ1) is 13.9. The van der Waals surface area contributed by atoms with Crippen molar-refractivity contribution >= 4 is 53.0 Å². The van der Waals surface area contributed by atoms with Gasteiger partial charge in [-0.25, -0.2) is 0 Å². The molecule has 1 aliphatic heterocycles. The van der Waals surface area contributed by atoms with Crippen LogP contribution in [0, 0.1) is 0 Å². The molecule has 1 fully saturated rings. The first-order valence-corrected chi connectivity index (χ1v) is 12.0. The van der Waals surface area contributed by atoms with Gasteiger partial charge in [-0.1, -0.05) is 6.07 Å².